The van der Waals surface area contributed by atoms with Crippen LogP contribution in [0.15, 0.2) is 30.3 Å². The third kappa shape index (κ3) is 6.93. The molecule has 2 rings (SSSR count). The van der Waals surface area contributed by atoms with Gasteiger partial charge in [0.15, 0.2) is 0 Å². The van der Waals surface area contributed by atoms with Crippen molar-refractivity contribution in [2.24, 2.45) is 0 Å². The van der Waals surface area contributed by atoms with Crippen molar-refractivity contribution in [3.63, 3.8) is 0 Å². The molecule has 1 amide bonds. The van der Waals surface area contributed by atoms with Crippen LogP contribution in [0, 0.1) is 0 Å². The maximum Gasteiger partial charge on any atom is 0.410 e. The molecule has 1 atom stereocenters. The molecule has 146 valence electrons. The Kier molecular flexibility index (Phi) is 6.65. The largest absolute Gasteiger partial charge is 0.444 e. The summed E-state index contributed by atoms with van der Waals surface area (Å²) in [5.74, 6) is 0. The van der Waals surface area contributed by atoms with Crippen molar-refractivity contribution in [2.75, 3.05) is 32.5 Å². The fourth-order valence-corrected chi connectivity index (χ4v) is 3.18. The van der Waals surface area contributed by atoms with Crippen LogP contribution in [0.3, 0.4) is 0 Å². The first-order chi connectivity index (χ1) is 12.0. The minimum absolute atomic E-state index is 0.00493. The maximum atomic E-state index is 12.4. The second-order valence-corrected chi connectivity index (χ2v) is 9.17. The van der Waals surface area contributed by atoms with Crippen LogP contribution in [-0.2, 0) is 25.6 Å². The van der Waals surface area contributed by atoms with Crippen molar-refractivity contribution in [1.29, 1.82) is 0 Å². The average molecular weight is 384 g/mol. The fraction of sp³-hybridized carbons (Fsp3) is 0.611. The van der Waals surface area contributed by atoms with E-state index in [2.05, 4.69) is 4.90 Å². The third-order valence-electron chi connectivity index (χ3n) is 3.96. The normalized spacial score (nSPS) is 19.4. The molecule has 7 nitrogen and oxygen atoms in total. The summed E-state index contributed by atoms with van der Waals surface area (Å²) in [6, 6.07) is 9.70. The molecule has 1 fully saturated rings. The van der Waals surface area contributed by atoms with E-state index in [1.54, 1.807) is 4.90 Å². The number of benzene rings is 1. The summed E-state index contributed by atoms with van der Waals surface area (Å²) in [6.07, 6.45) is 0.643. The van der Waals surface area contributed by atoms with Crippen molar-refractivity contribution >= 4 is 16.2 Å². The van der Waals surface area contributed by atoms with E-state index in [9.17, 15) is 13.2 Å². The van der Waals surface area contributed by atoms with Crippen molar-refractivity contribution in [1.82, 2.24) is 9.80 Å². The van der Waals surface area contributed by atoms with E-state index in [0.717, 1.165) is 11.8 Å². The summed E-state index contributed by atoms with van der Waals surface area (Å²) in [5, 5.41) is 0. The Morgan fingerprint density at radius 1 is 1.19 bits per heavy atom. The van der Waals surface area contributed by atoms with Gasteiger partial charge < -0.3 is 9.64 Å². The number of piperazine rings is 1. The van der Waals surface area contributed by atoms with Gasteiger partial charge >= 0.3 is 6.09 Å². The lowest BCUT2D eigenvalue weighted by Gasteiger charge is -2.41. The van der Waals surface area contributed by atoms with Gasteiger partial charge in [-0.15, -0.1) is 0 Å². The van der Waals surface area contributed by atoms with E-state index >= 15 is 0 Å². The van der Waals surface area contributed by atoms with Gasteiger partial charge in [0.05, 0.1) is 18.9 Å². The minimum Gasteiger partial charge on any atom is -0.444 e. The smallest absolute Gasteiger partial charge is 0.410 e. The number of amides is 1. The molecule has 8 heteroatoms. The molecule has 0 aliphatic carbocycles. The first kappa shape index (κ1) is 20.7. The van der Waals surface area contributed by atoms with Gasteiger partial charge in [0, 0.05) is 26.2 Å². The summed E-state index contributed by atoms with van der Waals surface area (Å²) in [6.45, 7) is 7.63. The lowest BCUT2D eigenvalue weighted by Crippen LogP contribution is -2.56. The Bertz CT molecular complexity index is 700. The summed E-state index contributed by atoms with van der Waals surface area (Å²) in [5.41, 5.74) is 0.555. The summed E-state index contributed by atoms with van der Waals surface area (Å²) >= 11 is 0. The molecule has 0 N–H and O–H groups in total. The van der Waals surface area contributed by atoms with Crippen LogP contribution in [0.2, 0.25) is 0 Å². The van der Waals surface area contributed by atoms with Crippen molar-refractivity contribution in [3.05, 3.63) is 35.9 Å². The number of hydrogen-bond acceptors (Lipinski definition) is 6. The first-order valence-electron chi connectivity index (χ1n) is 8.64. The Hall–Kier alpha value is -1.64. The van der Waals surface area contributed by atoms with E-state index in [0.29, 0.717) is 26.2 Å². The zero-order valence-corrected chi connectivity index (χ0v) is 16.7. The number of hydrogen-bond donors (Lipinski definition) is 0. The van der Waals surface area contributed by atoms with Gasteiger partial charge in [-0.25, -0.2) is 4.79 Å². The van der Waals surface area contributed by atoms with Gasteiger partial charge in [-0.1, -0.05) is 30.3 Å². The van der Waals surface area contributed by atoms with Gasteiger partial charge in [-0.3, -0.25) is 9.08 Å². The predicted molar refractivity (Wildman–Crippen MR) is 99.2 cm³/mol. The van der Waals surface area contributed by atoms with Crippen LogP contribution >= 0.6 is 0 Å². The molecule has 0 spiro atoms. The van der Waals surface area contributed by atoms with Gasteiger partial charge in [0.25, 0.3) is 10.1 Å². The summed E-state index contributed by atoms with van der Waals surface area (Å²) < 4.78 is 33.2. The van der Waals surface area contributed by atoms with Gasteiger partial charge in [0.1, 0.15) is 5.60 Å². The number of nitrogens with zero attached hydrogens (tertiary/aromatic N) is 2. The predicted octanol–water partition coefficient (Wildman–Crippen LogP) is 2.08. The van der Waals surface area contributed by atoms with Gasteiger partial charge in [0.2, 0.25) is 0 Å². The molecule has 0 bridgehead atoms. The second-order valence-electron chi connectivity index (χ2n) is 7.52. The van der Waals surface area contributed by atoms with Crippen molar-refractivity contribution in [3.8, 4) is 0 Å². The number of ether oxygens (including phenoxy) is 1. The molecule has 1 unspecified atom stereocenters. The third-order valence-corrected chi connectivity index (χ3v) is 4.52. The Morgan fingerprint density at radius 2 is 1.85 bits per heavy atom. The molecule has 1 aliphatic rings. The van der Waals surface area contributed by atoms with E-state index < -0.39 is 15.7 Å². The number of rotatable bonds is 5. The highest BCUT2D eigenvalue weighted by atomic mass is 32.2. The summed E-state index contributed by atoms with van der Waals surface area (Å²) in [7, 11) is -3.55. The molecule has 1 heterocycles. The quantitative estimate of drug-likeness (QED) is 0.724. The standard InChI is InChI=1S/C18H28N2O5S/c1-18(2,3)25-17(21)20-11-10-19(12-15-8-6-5-7-9-15)16(13-20)14-24-26(4,22)23/h5-9,16H,10-14H2,1-4H3. The van der Waals surface area contributed by atoms with Crippen LogP contribution in [0.1, 0.15) is 26.3 Å². The Balaban J connectivity index is 2.07. The topological polar surface area (TPSA) is 76.2 Å². The van der Waals surface area contributed by atoms with Crippen molar-refractivity contribution in [2.45, 2.75) is 39.0 Å². The second kappa shape index (κ2) is 8.37. The van der Waals surface area contributed by atoms with Crippen LogP contribution in [0.4, 0.5) is 4.79 Å². The van der Waals surface area contributed by atoms with E-state index in [-0.39, 0.29) is 18.7 Å². The molecule has 1 saturated heterocycles. The molecule has 0 radical (unpaired) electrons. The molecular formula is C18H28N2O5S. The Labute approximate surface area is 156 Å². The zero-order valence-electron chi connectivity index (χ0n) is 15.8. The number of carbonyl (C=O) groups is 1. The lowest BCUT2D eigenvalue weighted by molar-refractivity contribution is -0.00367. The summed E-state index contributed by atoms with van der Waals surface area (Å²) in [4.78, 5) is 16.1. The molecule has 0 saturated carbocycles. The molecule has 1 aromatic rings. The monoisotopic (exact) mass is 384 g/mol. The molecule has 1 aliphatic heterocycles. The highest BCUT2D eigenvalue weighted by Gasteiger charge is 2.32. The fourth-order valence-electron chi connectivity index (χ4n) is 2.77. The minimum atomic E-state index is -3.55. The van der Waals surface area contributed by atoms with Gasteiger partial charge in [-0.2, -0.15) is 8.42 Å². The molecule has 0 aromatic heterocycles. The lowest BCUT2D eigenvalue weighted by atomic mass is 10.1. The van der Waals surface area contributed by atoms with E-state index in [1.165, 1.54) is 0 Å². The zero-order chi connectivity index (χ0) is 19.4. The average Bonchev–Trinajstić information content (AvgIpc) is 2.52. The molecule has 1 aromatic carbocycles. The highest BCUT2D eigenvalue weighted by Crippen LogP contribution is 2.18. The van der Waals surface area contributed by atoms with Crippen LogP contribution in [-0.4, -0.2) is 68.5 Å². The van der Waals surface area contributed by atoms with Gasteiger partial charge in [-0.05, 0) is 26.3 Å². The molecular weight excluding hydrogens is 356 g/mol. The number of carbonyl (C=O) groups excluding carboxylic acids is 1. The van der Waals surface area contributed by atoms with Crippen LogP contribution in [0.5, 0.6) is 0 Å². The SMILES string of the molecule is CC(C)(C)OC(=O)N1CCN(Cc2ccccc2)C(COS(C)(=O)=O)C1. The molecule has 26 heavy (non-hydrogen) atoms. The maximum absolute atomic E-state index is 12.4. The highest BCUT2D eigenvalue weighted by molar-refractivity contribution is 7.85. The van der Waals surface area contributed by atoms with Crippen LogP contribution in [0.25, 0.3) is 0 Å². The van der Waals surface area contributed by atoms with E-state index in [4.69, 9.17) is 8.92 Å². The first-order valence-corrected chi connectivity index (χ1v) is 10.5. The van der Waals surface area contributed by atoms with E-state index in [1.807, 2.05) is 51.1 Å². The van der Waals surface area contributed by atoms with Crippen LogP contribution < -0.4 is 0 Å². The Morgan fingerprint density at radius 3 is 2.42 bits per heavy atom. The van der Waals surface area contributed by atoms with Crippen molar-refractivity contribution < 1.29 is 22.1 Å².